The van der Waals surface area contributed by atoms with Crippen LogP contribution in [0.5, 0.6) is 11.5 Å². The summed E-state index contributed by atoms with van der Waals surface area (Å²) in [6.07, 6.45) is 19.5. The average Bonchev–Trinajstić information content (AvgIpc) is 1.52. The van der Waals surface area contributed by atoms with E-state index in [1.165, 1.54) is 40.6 Å². The lowest BCUT2D eigenvalue weighted by Crippen LogP contribution is -2.33. The maximum absolute atomic E-state index is 14.4. The number of carbonyl (C=O) groups excluding carboxylic acids is 7. The number of para-hydroxylation sites is 1. The van der Waals surface area contributed by atoms with E-state index in [9.17, 15) is 33.6 Å². The molecule has 6 aliphatic rings. The maximum Gasteiger partial charge on any atom is 0.330 e. The number of fused-ring (bicyclic) bond motifs is 2. The van der Waals surface area contributed by atoms with Gasteiger partial charge >= 0.3 is 41.7 Å². The van der Waals surface area contributed by atoms with E-state index in [0.717, 1.165) is 103 Å². The lowest BCUT2D eigenvalue weighted by molar-refractivity contribution is -0.160. The quantitative estimate of drug-likeness (QED) is 0.0174. The fourth-order valence-electron chi connectivity index (χ4n) is 12.0. The van der Waals surface area contributed by atoms with E-state index in [4.69, 9.17) is 54.8 Å². The second kappa shape index (κ2) is 40.2. The first-order valence-corrected chi connectivity index (χ1v) is 35.9. The molecule has 3 aromatic rings. The van der Waals surface area contributed by atoms with Crippen LogP contribution >= 0.6 is 35.7 Å². The molecule has 1 saturated heterocycles. The van der Waals surface area contributed by atoms with Crippen LogP contribution in [0.4, 0.5) is 5.69 Å². The van der Waals surface area contributed by atoms with E-state index >= 15 is 0 Å². The standard InChI is InChI=1S/C66H79NO16S3.3C2H6/c1-3-53(68)77-40-16-7-5-14-38-75-47-30-34-49(35-31-47)79-61(71)42-22-26-44(27-23-42)63(73)81-55-51-20-12-13-21-52(51)56(59-58(55)85-65(86-59)57-60(70)67(66(84)83-57)46-18-10-9-11-19-46)82-64(74)45-28-24-43(25-29-45)62(72)80-50-36-32-48(33-37-50)76-39-15-6-8-17-41-78-54(69)4-2;3*1-2/h3-4,9-13,18-21,42-45,47-50H,1-2,5-8,14-17,22-41H2;3*1-2H3. The van der Waals surface area contributed by atoms with Crippen LogP contribution in [-0.2, 0) is 66.7 Å². The first-order chi connectivity index (χ1) is 44.9. The number of thioether (sulfide) groups is 2. The molecular weight excluding hydrogens is 1230 g/mol. The summed E-state index contributed by atoms with van der Waals surface area (Å²) in [4.78, 5) is 94.7. The molecule has 0 spiro atoms. The predicted octanol–water partition coefficient (Wildman–Crippen LogP) is 16.4. The Balaban J connectivity index is 0.00000218. The number of ether oxygens (including phenoxy) is 9. The van der Waals surface area contributed by atoms with Crippen LogP contribution in [0.25, 0.3) is 10.8 Å². The second-order valence-corrected chi connectivity index (χ2v) is 25.6. The first-order valence-electron chi connectivity index (χ1n) is 33.8. The molecule has 0 aromatic heterocycles. The van der Waals surface area contributed by atoms with Crippen molar-refractivity contribution < 1.29 is 76.2 Å². The zero-order valence-electron chi connectivity index (χ0n) is 54.9. The van der Waals surface area contributed by atoms with Gasteiger partial charge in [-0.3, -0.25) is 24.0 Å². The Bertz CT molecular complexity index is 2800. The van der Waals surface area contributed by atoms with Gasteiger partial charge in [-0.05, 0) is 166 Å². The second-order valence-electron chi connectivity index (χ2n) is 23.0. The minimum atomic E-state index is -0.495. The van der Waals surface area contributed by atoms with E-state index in [1.54, 1.807) is 24.3 Å². The number of amides is 1. The Hall–Kier alpha value is -6.06. The SMILES string of the molecule is C=CC(=O)OCCCCCCOC1CCC(OC(=O)C2CCC(C(=O)Oc3c4c(c(OC(=O)C5CCC(C(=O)OC6CCC(OCCCCCCOC(=O)C=C)CC6)CC5)c5ccccc35)SC(=C3OC(=S)N(c5ccccc5)C3=O)S4)CC2)CC1.CC.CC.CC. The van der Waals surface area contributed by atoms with Crippen LogP contribution in [0.15, 0.2) is 99.7 Å². The van der Waals surface area contributed by atoms with Gasteiger partial charge in [0.25, 0.3) is 5.17 Å². The van der Waals surface area contributed by atoms with Crippen LogP contribution in [0.1, 0.15) is 196 Å². The van der Waals surface area contributed by atoms with Gasteiger partial charge in [-0.15, -0.1) is 0 Å². The lowest BCUT2D eigenvalue weighted by atomic mass is 9.82. The fourth-order valence-corrected chi connectivity index (χ4v) is 14.9. The van der Waals surface area contributed by atoms with Gasteiger partial charge in [-0.1, -0.05) is 134 Å². The summed E-state index contributed by atoms with van der Waals surface area (Å²) in [5.74, 6) is -3.75. The Morgan fingerprint density at radius 3 is 1.22 bits per heavy atom. The molecule has 4 aliphatic carbocycles. The maximum atomic E-state index is 14.4. The topological polar surface area (TPSA) is 206 Å². The lowest BCUT2D eigenvalue weighted by Gasteiger charge is -2.31. The van der Waals surface area contributed by atoms with Crippen molar-refractivity contribution in [1.82, 2.24) is 0 Å². The van der Waals surface area contributed by atoms with Crippen LogP contribution in [0, 0.1) is 23.7 Å². The zero-order chi connectivity index (χ0) is 66.4. The third-order valence-electron chi connectivity index (χ3n) is 17.0. The Labute approximate surface area is 558 Å². The molecule has 0 atom stereocenters. The molecule has 0 unspecified atom stereocenters. The van der Waals surface area contributed by atoms with E-state index < -0.39 is 41.6 Å². The zero-order valence-corrected chi connectivity index (χ0v) is 57.3. The van der Waals surface area contributed by atoms with Crippen LogP contribution in [0.2, 0.25) is 0 Å². The number of benzene rings is 3. The highest BCUT2D eigenvalue weighted by Crippen LogP contribution is 2.62. The number of esters is 6. The summed E-state index contributed by atoms with van der Waals surface area (Å²) in [5.41, 5.74) is 0.538. The van der Waals surface area contributed by atoms with E-state index in [2.05, 4.69) is 13.2 Å². The highest BCUT2D eigenvalue weighted by atomic mass is 32.2. The van der Waals surface area contributed by atoms with Crippen molar-refractivity contribution in [3.63, 3.8) is 0 Å². The number of anilines is 1. The van der Waals surface area contributed by atoms with Crippen molar-refractivity contribution in [2.45, 2.75) is 230 Å². The number of hydrogen-bond donors (Lipinski definition) is 0. The van der Waals surface area contributed by atoms with Crippen molar-refractivity contribution in [3.05, 3.63) is 89.9 Å². The molecule has 20 heteroatoms. The van der Waals surface area contributed by atoms with Crippen LogP contribution in [-0.4, -0.2) is 97.7 Å². The van der Waals surface area contributed by atoms with Gasteiger partial charge in [0, 0.05) is 36.1 Å². The molecule has 92 heavy (non-hydrogen) atoms. The van der Waals surface area contributed by atoms with Crippen molar-refractivity contribution >= 4 is 99.1 Å². The smallest absolute Gasteiger partial charge is 0.330 e. The average molecular weight is 1330 g/mol. The molecule has 0 N–H and O–H groups in total. The van der Waals surface area contributed by atoms with Gasteiger partial charge in [0.15, 0.2) is 11.5 Å². The number of nitrogens with zero attached hydrogens (tertiary/aromatic N) is 1. The third-order valence-corrected chi connectivity index (χ3v) is 19.8. The summed E-state index contributed by atoms with van der Waals surface area (Å²) in [5, 5.41) is 1.02. The summed E-state index contributed by atoms with van der Waals surface area (Å²) < 4.78 is 53.8. The van der Waals surface area contributed by atoms with Crippen molar-refractivity contribution in [2.75, 3.05) is 31.3 Å². The molecule has 5 fully saturated rings. The molecule has 0 bridgehead atoms. The molecule has 2 aliphatic heterocycles. The minimum Gasteiger partial charge on any atom is -0.463 e. The summed E-state index contributed by atoms with van der Waals surface area (Å²) in [6, 6.07) is 16.2. The fraction of sp³-hybridized carbons (Fsp3) is 0.583. The predicted molar refractivity (Wildman–Crippen MR) is 362 cm³/mol. The van der Waals surface area contributed by atoms with Gasteiger partial charge in [-0.25, -0.2) is 14.5 Å². The number of hydrogen-bond acceptors (Lipinski definition) is 19. The number of thiocarbonyl (C=S) groups is 1. The Kier molecular flexibility index (Phi) is 32.8. The van der Waals surface area contributed by atoms with E-state index in [0.29, 0.717) is 108 Å². The van der Waals surface area contributed by atoms with Crippen molar-refractivity contribution in [2.24, 2.45) is 23.7 Å². The molecule has 3 aromatic carbocycles. The molecule has 9 rings (SSSR count). The van der Waals surface area contributed by atoms with Crippen molar-refractivity contribution in [1.29, 1.82) is 0 Å². The molecule has 504 valence electrons. The highest BCUT2D eigenvalue weighted by Gasteiger charge is 2.43. The number of unbranched alkanes of at least 4 members (excludes halogenated alkanes) is 6. The Morgan fingerprint density at radius 2 is 0.837 bits per heavy atom. The molecular formula is C72H97NO16S3. The van der Waals surface area contributed by atoms with E-state index in [-0.39, 0.29) is 70.6 Å². The first kappa shape index (κ1) is 75.0. The van der Waals surface area contributed by atoms with Gasteiger partial charge in [0.05, 0.1) is 68.8 Å². The van der Waals surface area contributed by atoms with E-state index in [1.807, 2.05) is 71.9 Å². The summed E-state index contributed by atoms with van der Waals surface area (Å²) in [6.45, 7) is 20.9. The normalized spacial score (nSPS) is 22.5. The third kappa shape index (κ3) is 21.7. The minimum absolute atomic E-state index is 0.00230. The molecule has 0 radical (unpaired) electrons. The van der Waals surface area contributed by atoms with Crippen LogP contribution in [0.3, 0.4) is 0 Å². The van der Waals surface area contributed by atoms with Crippen LogP contribution < -0.4 is 14.4 Å². The molecule has 1 amide bonds. The van der Waals surface area contributed by atoms with Crippen molar-refractivity contribution in [3.8, 4) is 11.5 Å². The molecule has 4 saturated carbocycles. The largest absolute Gasteiger partial charge is 0.463 e. The number of rotatable bonds is 27. The summed E-state index contributed by atoms with van der Waals surface area (Å²) >= 11 is 7.96. The van der Waals surface area contributed by atoms with Gasteiger partial charge in [-0.2, -0.15) is 0 Å². The van der Waals surface area contributed by atoms with Gasteiger partial charge < -0.3 is 42.6 Å². The highest BCUT2D eigenvalue weighted by molar-refractivity contribution is 8.24. The van der Waals surface area contributed by atoms with Gasteiger partial charge in [0.1, 0.15) is 12.2 Å². The number of carbonyl (C=O) groups is 7. The van der Waals surface area contributed by atoms with Gasteiger partial charge in [0.2, 0.25) is 5.76 Å². The molecule has 2 heterocycles. The summed E-state index contributed by atoms with van der Waals surface area (Å²) in [7, 11) is 0. The monoisotopic (exact) mass is 1330 g/mol. The molecule has 17 nitrogen and oxygen atoms in total. The Morgan fingerprint density at radius 1 is 0.489 bits per heavy atom.